The summed E-state index contributed by atoms with van der Waals surface area (Å²) in [6.45, 7) is 0. The van der Waals surface area contributed by atoms with Gasteiger partial charge in [0.15, 0.2) is 5.84 Å². The summed E-state index contributed by atoms with van der Waals surface area (Å²) in [7, 11) is 1.56. The number of hydrogen-bond acceptors (Lipinski definition) is 2. The lowest BCUT2D eigenvalue weighted by molar-refractivity contribution is 0.235. The van der Waals surface area contributed by atoms with Crippen LogP contribution >= 0.6 is 23.2 Å². The van der Waals surface area contributed by atoms with Crippen molar-refractivity contribution in [1.29, 1.82) is 0 Å². The summed E-state index contributed by atoms with van der Waals surface area (Å²) in [5, 5.41) is 9.58. The predicted molar refractivity (Wildman–Crippen MR) is 53.8 cm³/mol. The summed E-state index contributed by atoms with van der Waals surface area (Å²) in [6, 6.07) is 4.97. The van der Waals surface area contributed by atoms with Crippen LogP contribution in [-0.2, 0) is 0 Å². The van der Waals surface area contributed by atoms with Gasteiger partial charge in [0.1, 0.15) is 0 Å². The third-order valence-electron chi connectivity index (χ3n) is 1.52. The normalized spacial score (nSPS) is 11.5. The molecule has 1 aromatic carbocycles. The lowest BCUT2D eigenvalue weighted by Crippen LogP contribution is -2.19. The molecule has 1 aromatic rings. The summed E-state index contributed by atoms with van der Waals surface area (Å²) in [5.74, 6) is 0.346. The van der Waals surface area contributed by atoms with Gasteiger partial charge in [0.05, 0.1) is 10.0 Å². The van der Waals surface area contributed by atoms with Crippen molar-refractivity contribution in [2.75, 3.05) is 7.05 Å². The van der Waals surface area contributed by atoms with Gasteiger partial charge >= 0.3 is 0 Å². The van der Waals surface area contributed by atoms with Crippen molar-refractivity contribution in [2.24, 2.45) is 4.99 Å². The van der Waals surface area contributed by atoms with E-state index in [-0.39, 0.29) is 0 Å². The Morgan fingerprint density at radius 2 is 2.08 bits per heavy atom. The van der Waals surface area contributed by atoms with Crippen molar-refractivity contribution in [1.82, 2.24) is 5.48 Å². The van der Waals surface area contributed by atoms with Gasteiger partial charge in [-0.05, 0) is 18.2 Å². The van der Waals surface area contributed by atoms with Crippen LogP contribution in [0.5, 0.6) is 0 Å². The Balaban J connectivity index is 3.10. The highest BCUT2D eigenvalue weighted by Crippen LogP contribution is 2.22. The van der Waals surface area contributed by atoms with Crippen LogP contribution in [0.3, 0.4) is 0 Å². The molecule has 0 heterocycles. The smallest absolute Gasteiger partial charge is 0.151 e. The summed E-state index contributed by atoms with van der Waals surface area (Å²) >= 11 is 11.5. The molecule has 0 bridgehead atoms. The molecule has 0 aromatic heterocycles. The van der Waals surface area contributed by atoms with E-state index >= 15 is 0 Å². The number of hydrogen-bond donors (Lipinski definition) is 2. The van der Waals surface area contributed by atoms with Crippen molar-refractivity contribution in [3.8, 4) is 0 Å². The number of rotatable bonds is 1. The minimum atomic E-state index is 0.346. The Hall–Kier alpha value is -0.770. The van der Waals surface area contributed by atoms with E-state index in [1.165, 1.54) is 0 Å². The minimum absolute atomic E-state index is 0.346. The summed E-state index contributed by atoms with van der Waals surface area (Å²) in [5.41, 5.74) is 2.64. The highest BCUT2D eigenvalue weighted by Gasteiger charge is 2.03. The molecule has 5 heteroatoms. The van der Waals surface area contributed by atoms with Gasteiger partial charge in [-0.1, -0.05) is 23.2 Å². The van der Waals surface area contributed by atoms with Crippen LogP contribution < -0.4 is 5.48 Å². The van der Waals surface area contributed by atoms with Gasteiger partial charge in [-0.25, -0.2) is 0 Å². The zero-order valence-electron chi connectivity index (χ0n) is 6.88. The molecule has 0 atom stereocenters. The van der Waals surface area contributed by atoms with Gasteiger partial charge in [-0.3, -0.25) is 15.7 Å². The molecule has 0 aliphatic carbocycles. The van der Waals surface area contributed by atoms with Gasteiger partial charge in [0.2, 0.25) is 0 Å². The molecule has 0 saturated carbocycles. The second-order valence-corrected chi connectivity index (χ2v) is 3.13. The van der Waals surface area contributed by atoms with E-state index in [0.29, 0.717) is 21.4 Å². The molecule has 70 valence electrons. The Morgan fingerprint density at radius 3 is 2.54 bits per heavy atom. The zero-order chi connectivity index (χ0) is 9.84. The molecule has 0 aliphatic heterocycles. The molecule has 2 N–H and O–H groups in total. The lowest BCUT2D eigenvalue weighted by atomic mass is 10.2. The molecule has 0 saturated heterocycles. The molecule has 0 unspecified atom stereocenters. The highest BCUT2D eigenvalue weighted by atomic mass is 35.5. The number of nitrogens with one attached hydrogen (secondary N) is 1. The van der Waals surface area contributed by atoms with Crippen LogP contribution in [0.4, 0.5) is 0 Å². The average molecular weight is 219 g/mol. The summed E-state index contributed by atoms with van der Waals surface area (Å²) < 4.78 is 0. The van der Waals surface area contributed by atoms with E-state index in [2.05, 4.69) is 4.99 Å². The van der Waals surface area contributed by atoms with Crippen molar-refractivity contribution in [3.63, 3.8) is 0 Å². The zero-order valence-corrected chi connectivity index (χ0v) is 8.39. The number of nitrogens with zero attached hydrogens (tertiary/aromatic N) is 1. The molecule has 0 fully saturated rings. The third kappa shape index (κ3) is 2.34. The van der Waals surface area contributed by atoms with Crippen LogP contribution in [0.1, 0.15) is 5.56 Å². The number of benzene rings is 1. The third-order valence-corrected chi connectivity index (χ3v) is 2.26. The van der Waals surface area contributed by atoms with Gasteiger partial charge in [-0.2, -0.15) is 0 Å². The van der Waals surface area contributed by atoms with Crippen molar-refractivity contribution < 1.29 is 5.21 Å². The van der Waals surface area contributed by atoms with Crippen LogP contribution in [0.25, 0.3) is 0 Å². The monoisotopic (exact) mass is 218 g/mol. The molecular formula is C8H8Cl2N2O. The first-order valence-electron chi connectivity index (χ1n) is 3.51. The van der Waals surface area contributed by atoms with E-state index < -0.39 is 0 Å². The Kier molecular flexibility index (Phi) is 3.54. The predicted octanol–water partition coefficient (Wildman–Crippen LogP) is 2.35. The quantitative estimate of drug-likeness (QED) is 0.432. The largest absolute Gasteiger partial charge is 0.290 e. The second kappa shape index (κ2) is 4.46. The van der Waals surface area contributed by atoms with Gasteiger partial charge in [0, 0.05) is 12.6 Å². The average Bonchev–Trinajstić information content (AvgIpc) is 2.13. The molecule has 0 aliphatic rings. The van der Waals surface area contributed by atoms with Gasteiger partial charge < -0.3 is 0 Å². The molecular weight excluding hydrogens is 211 g/mol. The van der Waals surface area contributed by atoms with E-state index in [1.807, 2.05) is 5.48 Å². The van der Waals surface area contributed by atoms with E-state index in [0.717, 1.165) is 0 Å². The lowest BCUT2D eigenvalue weighted by Gasteiger charge is -2.04. The number of halogens is 2. The van der Waals surface area contributed by atoms with Crippen LogP contribution in [0.2, 0.25) is 10.0 Å². The first kappa shape index (κ1) is 10.3. The number of aliphatic imine (C=N–C) groups is 1. The first-order chi connectivity index (χ1) is 6.19. The molecule has 1 rings (SSSR count). The van der Waals surface area contributed by atoms with Gasteiger partial charge in [0.25, 0.3) is 0 Å². The maximum absolute atomic E-state index is 8.68. The SMILES string of the molecule is CN=C(NO)c1ccc(Cl)c(Cl)c1. The molecule has 3 nitrogen and oxygen atoms in total. The Morgan fingerprint density at radius 1 is 1.38 bits per heavy atom. The Bertz CT molecular complexity index is 339. The molecule has 0 radical (unpaired) electrons. The maximum atomic E-state index is 8.68. The second-order valence-electron chi connectivity index (χ2n) is 2.31. The number of hydroxylamine groups is 1. The standard InChI is InChI=1S/C8H8Cl2N2O/c1-11-8(12-13)5-2-3-6(9)7(10)4-5/h2-4,13H,1H3,(H,11,12). The van der Waals surface area contributed by atoms with Crippen LogP contribution in [0, 0.1) is 0 Å². The fourth-order valence-electron chi connectivity index (χ4n) is 0.887. The summed E-state index contributed by atoms with van der Waals surface area (Å²) in [6.07, 6.45) is 0. The maximum Gasteiger partial charge on any atom is 0.151 e. The van der Waals surface area contributed by atoms with Crippen molar-refractivity contribution >= 4 is 29.0 Å². The topological polar surface area (TPSA) is 44.6 Å². The molecule has 13 heavy (non-hydrogen) atoms. The number of amidine groups is 1. The summed E-state index contributed by atoms with van der Waals surface area (Å²) in [4.78, 5) is 3.80. The first-order valence-corrected chi connectivity index (χ1v) is 4.27. The Labute approximate surface area is 86.0 Å². The molecule has 0 spiro atoms. The van der Waals surface area contributed by atoms with E-state index in [1.54, 1.807) is 25.2 Å². The van der Waals surface area contributed by atoms with Crippen molar-refractivity contribution in [2.45, 2.75) is 0 Å². The minimum Gasteiger partial charge on any atom is -0.290 e. The van der Waals surface area contributed by atoms with E-state index in [4.69, 9.17) is 28.4 Å². The van der Waals surface area contributed by atoms with Crippen LogP contribution in [-0.4, -0.2) is 18.1 Å². The van der Waals surface area contributed by atoms with Crippen LogP contribution in [0.15, 0.2) is 23.2 Å². The van der Waals surface area contributed by atoms with Crippen molar-refractivity contribution in [3.05, 3.63) is 33.8 Å². The van der Waals surface area contributed by atoms with Gasteiger partial charge in [-0.15, -0.1) is 0 Å². The van der Waals surface area contributed by atoms with E-state index in [9.17, 15) is 0 Å². The fraction of sp³-hybridized carbons (Fsp3) is 0.125. The fourth-order valence-corrected chi connectivity index (χ4v) is 1.19. The highest BCUT2D eigenvalue weighted by molar-refractivity contribution is 6.42. The molecule has 0 amide bonds.